The lowest BCUT2D eigenvalue weighted by atomic mass is 10.1. The fraction of sp³-hybridized carbons (Fsp3) is 0.333. The van der Waals surface area contributed by atoms with E-state index in [-0.39, 0.29) is 6.61 Å². The number of aliphatic hydroxyl groups excluding tert-OH is 1. The van der Waals surface area contributed by atoms with Crippen LogP contribution in [0.1, 0.15) is 25.0 Å². The molecule has 0 spiro atoms. The molecular formula is C12H15ClO2. The first-order valence-corrected chi connectivity index (χ1v) is 5.26. The number of hydrogen-bond donors (Lipinski definition) is 1. The number of aliphatic hydroxyl groups is 1. The molecule has 0 aliphatic heterocycles. The summed E-state index contributed by atoms with van der Waals surface area (Å²) in [5.41, 5.74) is 0.790. The monoisotopic (exact) mass is 226 g/mol. The van der Waals surface area contributed by atoms with Gasteiger partial charge in [-0.2, -0.15) is 0 Å². The summed E-state index contributed by atoms with van der Waals surface area (Å²) in [6.07, 6.45) is 0.159. The lowest BCUT2D eigenvalue weighted by molar-refractivity contribution is 0.168. The molecule has 0 radical (unpaired) electrons. The van der Waals surface area contributed by atoms with E-state index in [4.69, 9.17) is 16.3 Å². The molecule has 1 rings (SSSR count). The minimum Gasteiger partial charge on any atom is -0.488 e. The summed E-state index contributed by atoms with van der Waals surface area (Å²) < 4.78 is 5.43. The maximum atomic E-state index is 9.74. The standard InChI is InChI=1S/C12H15ClO2/c1-3-11(14)10-6-4-5-7-12(10)15-8-9(2)13/h4-7,11,14H,2-3,8H2,1H3. The van der Waals surface area contributed by atoms with Gasteiger partial charge in [0.15, 0.2) is 0 Å². The zero-order chi connectivity index (χ0) is 11.3. The van der Waals surface area contributed by atoms with E-state index in [0.717, 1.165) is 5.56 Å². The number of rotatable bonds is 5. The molecule has 1 atom stereocenters. The number of hydrogen-bond acceptors (Lipinski definition) is 2. The van der Waals surface area contributed by atoms with Gasteiger partial charge in [0.05, 0.1) is 6.10 Å². The second-order valence-electron chi connectivity index (χ2n) is 3.27. The number of ether oxygens (including phenoxy) is 1. The molecule has 0 heterocycles. The summed E-state index contributed by atoms with van der Waals surface area (Å²) >= 11 is 5.61. The maximum Gasteiger partial charge on any atom is 0.125 e. The van der Waals surface area contributed by atoms with Crippen molar-refractivity contribution in [3.63, 3.8) is 0 Å². The highest BCUT2D eigenvalue weighted by molar-refractivity contribution is 6.29. The van der Waals surface area contributed by atoms with Crippen molar-refractivity contribution in [2.75, 3.05) is 6.61 Å². The highest BCUT2D eigenvalue weighted by Crippen LogP contribution is 2.27. The molecule has 0 aliphatic rings. The van der Waals surface area contributed by atoms with Gasteiger partial charge in [0.1, 0.15) is 12.4 Å². The lowest BCUT2D eigenvalue weighted by Crippen LogP contribution is -2.03. The molecule has 1 unspecified atom stereocenters. The Morgan fingerprint density at radius 3 is 2.80 bits per heavy atom. The topological polar surface area (TPSA) is 29.5 Å². The third kappa shape index (κ3) is 3.57. The Balaban J connectivity index is 2.81. The van der Waals surface area contributed by atoms with Crippen LogP contribution in [0.15, 0.2) is 35.9 Å². The van der Waals surface area contributed by atoms with Gasteiger partial charge in [-0.1, -0.05) is 43.3 Å². The van der Waals surface area contributed by atoms with Crippen molar-refractivity contribution in [2.24, 2.45) is 0 Å². The van der Waals surface area contributed by atoms with Crippen molar-refractivity contribution in [3.8, 4) is 5.75 Å². The van der Waals surface area contributed by atoms with Crippen molar-refractivity contribution >= 4 is 11.6 Å². The predicted octanol–water partition coefficient (Wildman–Crippen LogP) is 3.26. The summed E-state index contributed by atoms with van der Waals surface area (Å²) in [6, 6.07) is 7.39. The van der Waals surface area contributed by atoms with Crippen LogP contribution in [0, 0.1) is 0 Å². The van der Waals surface area contributed by atoms with E-state index < -0.39 is 6.10 Å². The van der Waals surface area contributed by atoms with Crippen LogP contribution in [0.5, 0.6) is 5.75 Å². The van der Waals surface area contributed by atoms with Crippen molar-refractivity contribution in [1.29, 1.82) is 0 Å². The maximum absolute atomic E-state index is 9.74. The largest absolute Gasteiger partial charge is 0.488 e. The zero-order valence-corrected chi connectivity index (χ0v) is 9.50. The molecule has 0 aliphatic carbocycles. The molecule has 0 amide bonds. The average Bonchev–Trinajstić information content (AvgIpc) is 2.25. The number of benzene rings is 1. The molecule has 1 N–H and O–H groups in total. The lowest BCUT2D eigenvalue weighted by Gasteiger charge is -2.14. The minimum absolute atomic E-state index is 0.259. The molecule has 3 heteroatoms. The van der Waals surface area contributed by atoms with E-state index in [1.807, 2.05) is 31.2 Å². The van der Waals surface area contributed by atoms with Crippen molar-refractivity contribution in [3.05, 3.63) is 41.4 Å². The van der Waals surface area contributed by atoms with E-state index in [0.29, 0.717) is 17.2 Å². The van der Waals surface area contributed by atoms with Gasteiger partial charge in [-0.05, 0) is 12.5 Å². The van der Waals surface area contributed by atoms with Gasteiger partial charge in [0.25, 0.3) is 0 Å². The minimum atomic E-state index is -0.496. The molecule has 82 valence electrons. The van der Waals surface area contributed by atoms with Crippen LogP contribution in [-0.2, 0) is 0 Å². The Morgan fingerprint density at radius 1 is 1.53 bits per heavy atom. The smallest absolute Gasteiger partial charge is 0.125 e. The van der Waals surface area contributed by atoms with E-state index in [1.165, 1.54) is 0 Å². The van der Waals surface area contributed by atoms with E-state index in [2.05, 4.69) is 6.58 Å². The molecule has 2 nitrogen and oxygen atoms in total. The van der Waals surface area contributed by atoms with Crippen LogP contribution >= 0.6 is 11.6 Å². The van der Waals surface area contributed by atoms with E-state index >= 15 is 0 Å². The highest BCUT2D eigenvalue weighted by Gasteiger charge is 2.10. The molecule has 15 heavy (non-hydrogen) atoms. The summed E-state index contributed by atoms with van der Waals surface area (Å²) in [7, 11) is 0. The zero-order valence-electron chi connectivity index (χ0n) is 8.74. The predicted molar refractivity (Wildman–Crippen MR) is 62.2 cm³/mol. The number of halogens is 1. The normalized spacial score (nSPS) is 12.2. The Kier molecular flexibility index (Phi) is 4.66. The Morgan fingerprint density at radius 2 is 2.20 bits per heavy atom. The van der Waals surface area contributed by atoms with Crippen LogP contribution in [0.3, 0.4) is 0 Å². The van der Waals surface area contributed by atoms with Gasteiger partial charge >= 0.3 is 0 Å². The molecule has 0 bridgehead atoms. The Labute approximate surface area is 95.1 Å². The quantitative estimate of drug-likeness (QED) is 0.835. The van der Waals surface area contributed by atoms with Crippen LogP contribution in [0.2, 0.25) is 0 Å². The highest BCUT2D eigenvalue weighted by atomic mass is 35.5. The van der Waals surface area contributed by atoms with Crippen LogP contribution < -0.4 is 4.74 Å². The molecule has 0 saturated heterocycles. The summed E-state index contributed by atoms with van der Waals surface area (Å²) in [5.74, 6) is 0.661. The molecule has 1 aromatic rings. The van der Waals surface area contributed by atoms with Gasteiger partial charge < -0.3 is 9.84 Å². The second kappa shape index (κ2) is 5.79. The van der Waals surface area contributed by atoms with Gasteiger partial charge in [-0.3, -0.25) is 0 Å². The Bertz CT molecular complexity index is 336. The van der Waals surface area contributed by atoms with Crippen LogP contribution in [0.4, 0.5) is 0 Å². The van der Waals surface area contributed by atoms with E-state index in [1.54, 1.807) is 0 Å². The number of para-hydroxylation sites is 1. The van der Waals surface area contributed by atoms with E-state index in [9.17, 15) is 5.11 Å². The fourth-order valence-corrected chi connectivity index (χ4v) is 1.32. The second-order valence-corrected chi connectivity index (χ2v) is 3.80. The Hall–Kier alpha value is -0.990. The van der Waals surface area contributed by atoms with Crippen molar-refractivity contribution in [1.82, 2.24) is 0 Å². The SMILES string of the molecule is C=C(Cl)COc1ccccc1C(O)CC. The molecular weight excluding hydrogens is 212 g/mol. The van der Waals surface area contributed by atoms with Gasteiger partial charge in [-0.15, -0.1) is 0 Å². The summed E-state index contributed by atoms with van der Waals surface area (Å²) in [4.78, 5) is 0. The fourth-order valence-electron chi connectivity index (χ4n) is 1.26. The van der Waals surface area contributed by atoms with Crippen LogP contribution in [0.25, 0.3) is 0 Å². The molecule has 0 fully saturated rings. The van der Waals surface area contributed by atoms with Crippen molar-refractivity contribution < 1.29 is 9.84 Å². The third-order valence-electron chi connectivity index (χ3n) is 2.05. The average molecular weight is 227 g/mol. The van der Waals surface area contributed by atoms with Gasteiger partial charge in [0, 0.05) is 10.6 Å². The summed E-state index contributed by atoms with van der Waals surface area (Å²) in [6.45, 7) is 5.72. The van der Waals surface area contributed by atoms with Gasteiger partial charge in [-0.25, -0.2) is 0 Å². The first kappa shape index (κ1) is 12.1. The van der Waals surface area contributed by atoms with Crippen molar-refractivity contribution in [2.45, 2.75) is 19.4 Å². The molecule has 1 aromatic carbocycles. The molecule has 0 saturated carbocycles. The first-order chi connectivity index (χ1) is 7.15. The van der Waals surface area contributed by atoms with Gasteiger partial charge in [0.2, 0.25) is 0 Å². The first-order valence-electron chi connectivity index (χ1n) is 4.88. The third-order valence-corrected chi connectivity index (χ3v) is 2.16. The molecule has 0 aromatic heterocycles. The van der Waals surface area contributed by atoms with Crippen LogP contribution in [-0.4, -0.2) is 11.7 Å². The summed E-state index contributed by atoms with van der Waals surface area (Å²) in [5, 5.41) is 10.2.